The molecule has 0 aromatic heterocycles. The zero-order valence-corrected chi connectivity index (χ0v) is 9.44. The molecular weight excluding hydrogens is 215 g/mol. The first-order valence-electron chi connectivity index (χ1n) is 1.02. The Hall–Kier alpha value is 1.04. The summed E-state index contributed by atoms with van der Waals surface area (Å²) < 4.78 is 49.4. The molecule has 0 rings (SSSR count). The van der Waals surface area contributed by atoms with E-state index in [2.05, 4.69) is 0 Å². The summed E-state index contributed by atoms with van der Waals surface area (Å²) in [5.41, 5.74) is 0. The van der Waals surface area contributed by atoms with Crippen LogP contribution in [0.1, 0.15) is 0 Å². The van der Waals surface area contributed by atoms with E-state index in [1.54, 1.807) is 0 Å². The zero-order chi connectivity index (χ0) is 7.21. The molecule has 10 heteroatoms. The number of hydrogen-bond acceptors (Lipinski definition) is 5. The van der Waals surface area contributed by atoms with Gasteiger partial charge in [-0.1, -0.05) is 0 Å². The van der Waals surface area contributed by atoms with Crippen LogP contribution in [-0.2, 0) is 22.0 Å². The molecule has 0 amide bonds. The Morgan fingerprint density at radius 1 is 1.30 bits per heavy atom. The van der Waals surface area contributed by atoms with Crippen LogP contribution in [0.2, 0.25) is 0 Å². The first-order valence-corrected chi connectivity index (χ1v) is 3.05. The van der Waals surface area contributed by atoms with Crippen molar-refractivity contribution >= 4 is 35.5 Å². The predicted molar refractivity (Wildman–Crippen MR) is 31.6 cm³/mol. The molecule has 0 radical (unpaired) electrons. The molecule has 0 fully saturated rings. The van der Waals surface area contributed by atoms with Crippen molar-refractivity contribution in [2.24, 2.45) is 0 Å². The maximum atomic E-state index is 8.63. The Bertz CT molecular complexity index is 153. The average Bonchev–Trinajstić information content (AvgIpc) is 1.27. The number of hydrogen-bond donors (Lipinski definition) is 1. The second-order valence-electron chi connectivity index (χ2n) is 0.496. The zero-order valence-electron chi connectivity index (χ0n) is 4.80. The third kappa shape index (κ3) is 540. The monoisotopic (exact) mass is 218 g/mol. The summed E-state index contributed by atoms with van der Waals surface area (Å²) >= 11 is -0.750. The minimum atomic E-state index is -4.92. The van der Waals surface area contributed by atoms with Gasteiger partial charge < -0.3 is 4.55 Å². The molecule has 1 N–H and O–H groups in total. The minimum absolute atomic E-state index is 0. The van der Waals surface area contributed by atoms with E-state index in [1.165, 1.54) is 0 Å². The fourth-order valence-corrected chi connectivity index (χ4v) is 0. The van der Waals surface area contributed by atoms with Gasteiger partial charge in [-0.25, -0.2) is 8.42 Å². The van der Waals surface area contributed by atoms with Gasteiger partial charge in [0.1, 0.15) is 0 Å². The van der Waals surface area contributed by atoms with E-state index in [4.69, 9.17) is 25.9 Å². The maximum Gasteiger partial charge on any atom is 1.00 e. The van der Waals surface area contributed by atoms with E-state index in [0.717, 1.165) is 0 Å². The molecule has 0 aliphatic rings. The van der Waals surface area contributed by atoms with Gasteiger partial charge >= 0.3 is 41.1 Å². The molecular formula is H3NaO6S3. The Balaban J connectivity index is -0.0000000326. The second kappa shape index (κ2) is 12.7. The summed E-state index contributed by atoms with van der Waals surface area (Å²) in [5, 5.41) is 0. The predicted octanol–water partition coefficient (Wildman–Crippen LogP) is -4.55. The van der Waals surface area contributed by atoms with Crippen molar-refractivity contribution in [3.8, 4) is 0 Å². The summed E-state index contributed by atoms with van der Waals surface area (Å²) in [6, 6.07) is 0. The summed E-state index contributed by atoms with van der Waals surface area (Å²) in [6.45, 7) is 0. The molecule has 0 saturated carbocycles. The molecule has 10 heavy (non-hydrogen) atoms. The van der Waals surface area contributed by atoms with E-state index >= 15 is 0 Å². The van der Waals surface area contributed by atoms with Gasteiger partial charge in [-0.3, -0.25) is 4.55 Å². The third-order valence-electron chi connectivity index (χ3n) is 0. The van der Waals surface area contributed by atoms with Gasteiger partial charge in [0, 0.05) is 0 Å². The quantitative estimate of drug-likeness (QED) is 0.249. The van der Waals surface area contributed by atoms with Crippen molar-refractivity contribution in [1.29, 1.82) is 0 Å². The summed E-state index contributed by atoms with van der Waals surface area (Å²) in [7, 11) is -4.92. The van der Waals surface area contributed by atoms with E-state index in [9.17, 15) is 0 Å². The fourth-order valence-electron chi connectivity index (χ4n) is 0. The van der Waals surface area contributed by atoms with Crippen LogP contribution in [0.4, 0.5) is 0 Å². The minimum Gasteiger partial charge on any atom is -0.726 e. The van der Waals surface area contributed by atoms with Crippen LogP contribution in [0.3, 0.4) is 0 Å². The van der Waals surface area contributed by atoms with Gasteiger partial charge in [0.15, 0.2) is 0 Å². The molecule has 6 nitrogen and oxygen atoms in total. The van der Waals surface area contributed by atoms with Crippen molar-refractivity contribution in [2.75, 3.05) is 0 Å². The SMILES string of the molecule is O=S(=O)([O-])O.O=S=O.S.[Na+]. The average molecular weight is 218 g/mol. The largest absolute Gasteiger partial charge is 1.00 e. The van der Waals surface area contributed by atoms with Crippen LogP contribution in [0.15, 0.2) is 0 Å². The summed E-state index contributed by atoms with van der Waals surface area (Å²) in [4.78, 5) is 0. The summed E-state index contributed by atoms with van der Waals surface area (Å²) in [5.74, 6) is 0. The van der Waals surface area contributed by atoms with Gasteiger partial charge in [-0.05, 0) is 0 Å². The van der Waals surface area contributed by atoms with E-state index in [-0.39, 0.29) is 43.1 Å². The molecule has 0 aromatic rings. The normalized spacial score (nSPS) is 7.00. The van der Waals surface area contributed by atoms with Crippen molar-refractivity contribution in [3.05, 3.63) is 0 Å². The van der Waals surface area contributed by atoms with E-state index < -0.39 is 22.0 Å². The third-order valence-corrected chi connectivity index (χ3v) is 0. The van der Waals surface area contributed by atoms with Crippen LogP contribution in [-0.4, -0.2) is 25.9 Å². The molecule has 0 saturated heterocycles. The van der Waals surface area contributed by atoms with Gasteiger partial charge in [0.2, 0.25) is 10.4 Å². The Morgan fingerprint density at radius 3 is 1.30 bits per heavy atom. The van der Waals surface area contributed by atoms with Crippen molar-refractivity contribution in [3.63, 3.8) is 0 Å². The Morgan fingerprint density at radius 2 is 1.30 bits per heavy atom. The molecule has 0 aromatic carbocycles. The number of rotatable bonds is 0. The molecule has 0 bridgehead atoms. The van der Waals surface area contributed by atoms with Gasteiger partial charge in [-0.15, -0.1) is 0 Å². The first-order chi connectivity index (χ1) is 3.41. The van der Waals surface area contributed by atoms with Gasteiger partial charge in [0.05, 0.1) is 0 Å². The van der Waals surface area contributed by atoms with Crippen molar-refractivity contribution < 1.29 is 55.5 Å². The molecule has 0 heterocycles. The molecule has 0 spiro atoms. The van der Waals surface area contributed by atoms with Crippen molar-refractivity contribution in [2.45, 2.75) is 0 Å². The smallest absolute Gasteiger partial charge is 0.726 e. The molecule has 0 unspecified atom stereocenters. The van der Waals surface area contributed by atoms with Gasteiger partial charge in [-0.2, -0.15) is 21.9 Å². The Labute approximate surface area is 90.3 Å². The Kier molecular flexibility index (Phi) is 28.5. The molecule has 0 aliphatic carbocycles. The van der Waals surface area contributed by atoms with Crippen LogP contribution in [0.25, 0.3) is 0 Å². The van der Waals surface area contributed by atoms with Gasteiger partial charge in [0.25, 0.3) is 0 Å². The van der Waals surface area contributed by atoms with Crippen LogP contribution in [0.5, 0.6) is 0 Å². The van der Waals surface area contributed by atoms with Crippen LogP contribution < -0.4 is 29.6 Å². The first kappa shape index (κ1) is 22.5. The standard InChI is InChI=1S/Na.H2O4S.O2S.H2S/c;1-5(2,3)4;1-3-2;/h;(H2,1,2,3,4);;1H2/q+1;;;/p-1. The second-order valence-corrected chi connectivity index (χ2v) is 1.49. The van der Waals surface area contributed by atoms with E-state index in [1.807, 2.05) is 0 Å². The van der Waals surface area contributed by atoms with Crippen LogP contribution >= 0.6 is 13.5 Å². The fraction of sp³-hybridized carbons (Fsp3) is 0. The molecule has 0 aliphatic heterocycles. The summed E-state index contributed by atoms with van der Waals surface area (Å²) in [6.07, 6.45) is 0. The topological polar surface area (TPSA) is 112 Å². The molecule has 58 valence electrons. The van der Waals surface area contributed by atoms with Crippen molar-refractivity contribution in [1.82, 2.24) is 0 Å². The van der Waals surface area contributed by atoms with E-state index in [0.29, 0.717) is 0 Å². The van der Waals surface area contributed by atoms with Crippen LogP contribution in [0, 0.1) is 0 Å². The molecule has 0 atom stereocenters. The maximum absolute atomic E-state index is 8.63.